The minimum atomic E-state index is -0.487. The van der Waals surface area contributed by atoms with Gasteiger partial charge in [0.25, 0.3) is 5.69 Å². The average Bonchev–Trinajstić information content (AvgIpc) is 2.80. The lowest BCUT2D eigenvalue weighted by Crippen LogP contribution is -2.19. The van der Waals surface area contributed by atoms with Crippen LogP contribution in [0.25, 0.3) is 0 Å². The predicted octanol–water partition coefficient (Wildman–Crippen LogP) is 4.92. The van der Waals surface area contributed by atoms with Gasteiger partial charge < -0.3 is 9.47 Å². The second-order valence-electron chi connectivity index (χ2n) is 6.95. The Balaban J connectivity index is 1.57. The van der Waals surface area contributed by atoms with E-state index in [1.807, 2.05) is 19.1 Å². The fourth-order valence-corrected chi connectivity index (χ4v) is 3.00. The zero-order chi connectivity index (χ0) is 23.6. The number of nitrogens with one attached hydrogen (secondary N) is 1. The lowest BCUT2D eigenvalue weighted by Gasteiger charge is -2.12. The summed E-state index contributed by atoms with van der Waals surface area (Å²) in [6.07, 6.45) is 1.55. The molecule has 1 amide bonds. The van der Waals surface area contributed by atoms with Crippen molar-refractivity contribution in [2.45, 2.75) is 20.0 Å². The molecule has 9 heteroatoms. The Morgan fingerprint density at radius 2 is 1.73 bits per heavy atom. The number of hydrogen-bond acceptors (Lipinski definition) is 6. The number of non-ortho nitro benzene ring substituents is 1. The largest absolute Gasteiger partial charge is 0.490 e. The molecule has 1 N–H and O–H groups in total. The smallest absolute Gasteiger partial charge is 0.269 e. The molecule has 0 saturated heterocycles. The molecule has 0 aliphatic rings. The quantitative estimate of drug-likeness (QED) is 0.259. The minimum Gasteiger partial charge on any atom is -0.490 e. The number of nitro benzene ring substituents is 1. The second-order valence-corrected chi connectivity index (χ2v) is 7.38. The molecule has 0 heterocycles. The van der Waals surface area contributed by atoms with Crippen LogP contribution in [0, 0.1) is 10.1 Å². The molecule has 33 heavy (non-hydrogen) atoms. The third-order valence-electron chi connectivity index (χ3n) is 4.49. The molecule has 170 valence electrons. The van der Waals surface area contributed by atoms with Crippen molar-refractivity contribution in [1.82, 2.24) is 5.43 Å². The molecule has 0 bridgehead atoms. The van der Waals surface area contributed by atoms with Crippen molar-refractivity contribution in [2.75, 3.05) is 6.61 Å². The van der Waals surface area contributed by atoms with E-state index in [0.29, 0.717) is 40.9 Å². The van der Waals surface area contributed by atoms with E-state index >= 15 is 0 Å². The zero-order valence-electron chi connectivity index (χ0n) is 17.9. The van der Waals surface area contributed by atoms with Crippen molar-refractivity contribution in [1.29, 1.82) is 0 Å². The predicted molar refractivity (Wildman–Crippen MR) is 126 cm³/mol. The van der Waals surface area contributed by atoms with Crippen molar-refractivity contribution >= 4 is 29.4 Å². The van der Waals surface area contributed by atoms with Crippen molar-refractivity contribution < 1.29 is 19.2 Å². The lowest BCUT2D eigenvalue weighted by atomic mass is 10.1. The Hall–Kier alpha value is -3.91. The number of benzene rings is 3. The molecule has 8 nitrogen and oxygen atoms in total. The van der Waals surface area contributed by atoms with Gasteiger partial charge in [-0.1, -0.05) is 35.9 Å². The van der Waals surface area contributed by atoms with Gasteiger partial charge in [0.15, 0.2) is 11.5 Å². The number of hydrogen-bond donors (Lipinski definition) is 1. The van der Waals surface area contributed by atoms with E-state index < -0.39 is 4.92 Å². The lowest BCUT2D eigenvalue weighted by molar-refractivity contribution is -0.384. The van der Waals surface area contributed by atoms with Gasteiger partial charge in [-0.25, -0.2) is 5.43 Å². The number of carbonyl (C=O) groups is 1. The molecule has 0 unspecified atom stereocenters. The van der Waals surface area contributed by atoms with Crippen LogP contribution in [0.15, 0.2) is 71.8 Å². The fourth-order valence-electron chi connectivity index (χ4n) is 2.87. The number of nitrogens with zero attached hydrogens (tertiary/aromatic N) is 2. The number of ether oxygens (including phenoxy) is 2. The Morgan fingerprint density at radius 3 is 2.39 bits per heavy atom. The monoisotopic (exact) mass is 467 g/mol. The molecule has 0 aromatic heterocycles. The first-order chi connectivity index (χ1) is 15.9. The molecule has 0 aliphatic carbocycles. The molecule has 0 aliphatic heterocycles. The van der Waals surface area contributed by atoms with Gasteiger partial charge in [-0.3, -0.25) is 14.9 Å². The Bertz CT molecular complexity index is 1130. The first-order valence-corrected chi connectivity index (χ1v) is 10.5. The standard InChI is InChI=1S/C24H22ClN3O5/c1-2-32-23-13-19(7-12-22(23)33-16-18-3-8-20(25)9-4-18)15-26-27-24(29)14-17-5-10-21(11-6-17)28(30)31/h3-13,15H,2,14,16H2,1H3,(H,27,29)/b26-15-. The maximum absolute atomic E-state index is 12.1. The molecular formula is C24H22ClN3O5. The van der Waals surface area contributed by atoms with Crippen LogP contribution in [-0.4, -0.2) is 23.7 Å². The van der Waals surface area contributed by atoms with Gasteiger partial charge in [-0.2, -0.15) is 5.10 Å². The van der Waals surface area contributed by atoms with Gasteiger partial charge in [0.1, 0.15) is 6.61 Å². The van der Waals surface area contributed by atoms with E-state index in [9.17, 15) is 14.9 Å². The summed E-state index contributed by atoms with van der Waals surface area (Å²) in [7, 11) is 0. The third kappa shape index (κ3) is 7.33. The van der Waals surface area contributed by atoms with Crippen LogP contribution in [0.3, 0.4) is 0 Å². The molecule has 3 rings (SSSR count). The highest BCUT2D eigenvalue weighted by molar-refractivity contribution is 6.30. The second kappa shape index (κ2) is 11.6. The first kappa shape index (κ1) is 23.7. The van der Waals surface area contributed by atoms with Gasteiger partial charge in [0, 0.05) is 17.2 Å². The Kier molecular flexibility index (Phi) is 8.37. The van der Waals surface area contributed by atoms with E-state index in [0.717, 1.165) is 5.56 Å². The van der Waals surface area contributed by atoms with E-state index in [1.165, 1.54) is 18.3 Å². The maximum Gasteiger partial charge on any atom is 0.269 e. The molecule has 3 aromatic carbocycles. The van der Waals surface area contributed by atoms with Crippen LogP contribution in [-0.2, 0) is 17.8 Å². The summed E-state index contributed by atoms with van der Waals surface area (Å²) in [6.45, 7) is 2.70. The van der Waals surface area contributed by atoms with E-state index in [2.05, 4.69) is 10.5 Å². The maximum atomic E-state index is 12.1. The summed E-state index contributed by atoms with van der Waals surface area (Å²) in [5.74, 6) is 0.812. The Labute approximate surface area is 195 Å². The number of nitro groups is 1. The van der Waals surface area contributed by atoms with Gasteiger partial charge in [-0.05, 0) is 53.9 Å². The highest BCUT2D eigenvalue weighted by Crippen LogP contribution is 2.29. The number of hydrazone groups is 1. The number of amides is 1. The average molecular weight is 468 g/mol. The molecule has 0 atom stereocenters. The van der Waals surface area contributed by atoms with Gasteiger partial charge in [0.05, 0.1) is 24.2 Å². The van der Waals surface area contributed by atoms with Crippen LogP contribution >= 0.6 is 11.6 Å². The summed E-state index contributed by atoms with van der Waals surface area (Å²) >= 11 is 5.91. The van der Waals surface area contributed by atoms with E-state index in [1.54, 1.807) is 42.5 Å². The number of rotatable bonds is 10. The molecular weight excluding hydrogens is 446 g/mol. The molecule has 3 aromatic rings. The van der Waals surface area contributed by atoms with Crippen LogP contribution in [0.4, 0.5) is 5.69 Å². The molecule has 0 saturated carbocycles. The molecule has 0 spiro atoms. The van der Waals surface area contributed by atoms with E-state index in [-0.39, 0.29) is 18.0 Å². The van der Waals surface area contributed by atoms with Crippen LogP contribution < -0.4 is 14.9 Å². The highest BCUT2D eigenvalue weighted by Gasteiger charge is 2.08. The molecule has 0 radical (unpaired) electrons. The highest BCUT2D eigenvalue weighted by atomic mass is 35.5. The van der Waals surface area contributed by atoms with Crippen molar-refractivity contribution in [3.8, 4) is 11.5 Å². The van der Waals surface area contributed by atoms with Crippen LogP contribution in [0.1, 0.15) is 23.6 Å². The van der Waals surface area contributed by atoms with Crippen molar-refractivity contribution in [3.63, 3.8) is 0 Å². The number of carbonyl (C=O) groups excluding carboxylic acids is 1. The molecule has 0 fully saturated rings. The normalized spacial score (nSPS) is 10.7. The number of halogens is 1. The summed E-state index contributed by atoms with van der Waals surface area (Å²) in [5, 5.41) is 15.3. The topological polar surface area (TPSA) is 103 Å². The van der Waals surface area contributed by atoms with Crippen LogP contribution in [0.5, 0.6) is 11.5 Å². The van der Waals surface area contributed by atoms with Crippen molar-refractivity contribution in [2.24, 2.45) is 5.10 Å². The summed E-state index contributed by atoms with van der Waals surface area (Å²) in [5.41, 5.74) is 4.76. The summed E-state index contributed by atoms with van der Waals surface area (Å²) in [6, 6.07) is 18.5. The summed E-state index contributed by atoms with van der Waals surface area (Å²) < 4.78 is 11.6. The SMILES string of the molecule is CCOc1cc(/C=N\NC(=O)Cc2ccc([N+](=O)[O-])cc2)ccc1OCc1ccc(Cl)cc1. The Morgan fingerprint density at radius 1 is 1.03 bits per heavy atom. The first-order valence-electron chi connectivity index (χ1n) is 10.1. The third-order valence-corrected chi connectivity index (χ3v) is 4.74. The van der Waals surface area contributed by atoms with Crippen LogP contribution in [0.2, 0.25) is 5.02 Å². The fraction of sp³-hybridized carbons (Fsp3) is 0.167. The zero-order valence-corrected chi connectivity index (χ0v) is 18.6. The van der Waals surface area contributed by atoms with Gasteiger partial charge in [-0.15, -0.1) is 0 Å². The van der Waals surface area contributed by atoms with Gasteiger partial charge in [0.2, 0.25) is 5.91 Å². The van der Waals surface area contributed by atoms with Crippen molar-refractivity contribution in [3.05, 3.63) is 98.6 Å². The van der Waals surface area contributed by atoms with Gasteiger partial charge >= 0.3 is 0 Å². The summed E-state index contributed by atoms with van der Waals surface area (Å²) in [4.78, 5) is 22.3. The van der Waals surface area contributed by atoms with E-state index in [4.69, 9.17) is 21.1 Å². The minimum absolute atomic E-state index is 0.0251.